The first-order valence-electron chi connectivity index (χ1n) is 5.72. The summed E-state index contributed by atoms with van der Waals surface area (Å²) in [6.07, 6.45) is 0. The van der Waals surface area contributed by atoms with Crippen LogP contribution in [-0.4, -0.2) is 36.8 Å². The summed E-state index contributed by atoms with van der Waals surface area (Å²) in [4.78, 5) is 0. The molecule has 0 saturated carbocycles. The van der Waals surface area contributed by atoms with Crippen molar-refractivity contribution in [3.8, 4) is 0 Å². The van der Waals surface area contributed by atoms with E-state index in [1.54, 1.807) is 27.7 Å². The van der Waals surface area contributed by atoms with Gasteiger partial charge in [0.2, 0.25) is 0 Å². The average Bonchev–Trinajstić information content (AvgIpc) is 1.69. The number of halogens is 2. The lowest BCUT2D eigenvalue weighted by atomic mass is 10.4. The van der Waals surface area contributed by atoms with Gasteiger partial charge in [0.15, 0.2) is 16.8 Å². The highest BCUT2D eigenvalue weighted by Gasteiger charge is 2.69. The van der Waals surface area contributed by atoms with Crippen LogP contribution in [0.5, 0.6) is 0 Å². The third kappa shape index (κ3) is 1.89. The van der Waals surface area contributed by atoms with E-state index in [0.29, 0.717) is 0 Å². The highest BCUT2D eigenvalue weighted by molar-refractivity contribution is 7.03. The van der Waals surface area contributed by atoms with E-state index in [4.69, 9.17) is 0 Å². The predicted octanol–water partition coefficient (Wildman–Crippen LogP) is 3.42. The Bertz CT molecular complexity index is 250. The summed E-state index contributed by atoms with van der Waals surface area (Å²) in [5.74, 6) is -2.68. The molecule has 0 aromatic carbocycles. The van der Waals surface area contributed by atoms with E-state index < -0.39 is 28.4 Å². The maximum Gasteiger partial charge on any atom is 0.193 e. The molecular formula is C10H24F2N2Si2. The lowest BCUT2D eigenvalue weighted by molar-refractivity contribution is 0.0236. The summed E-state index contributed by atoms with van der Waals surface area (Å²) in [5, 5.41) is 0. The van der Waals surface area contributed by atoms with Crippen LogP contribution in [0.15, 0.2) is 0 Å². The van der Waals surface area contributed by atoms with Crippen molar-refractivity contribution < 1.29 is 8.78 Å². The first kappa shape index (κ1) is 14.3. The second-order valence-electron chi connectivity index (χ2n) is 6.48. The van der Waals surface area contributed by atoms with Crippen LogP contribution < -0.4 is 0 Å². The molecular weight excluding hydrogens is 242 g/mol. The third-order valence-corrected chi connectivity index (χ3v) is 16.3. The molecule has 1 fully saturated rings. The van der Waals surface area contributed by atoms with Crippen molar-refractivity contribution in [3.63, 3.8) is 0 Å². The van der Waals surface area contributed by atoms with E-state index in [1.807, 2.05) is 34.7 Å². The van der Waals surface area contributed by atoms with Crippen molar-refractivity contribution in [2.24, 2.45) is 0 Å². The zero-order chi connectivity index (χ0) is 13.2. The van der Waals surface area contributed by atoms with E-state index >= 15 is 0 Å². The maximum atomic E-state index is 14.2. The molecule has 0 aromatic heterocycles. The number of hydrogen-bond acceptors (Lipinski definition) is 2. The lowest BCUT2D eigenvalue weighted by Crippen LogP contribution is -2.94. The van der Waals surface area contributed by atoms with E-state index in [-0.39, 0.29) is 0 Å². The van der Waals surface area contributed by atoms with E-state index in [2.05, 4.69) is 0 Å². The van der Waals surface area contributed by atoms with Crippen LogP contribution in [0.2, 0.25) is 26.2 Å². The first-order chi connectivity index (χ1) is 6.73. The average molecular weight is 266 g/mol. The van der Waals surface area contributed by atoms with Crippen LogP contribution in [0, 0.1) is 0 Å². The van der Waals surface area contributed by atoms with E-state index in [9.17, 15) is 8.78 Å². The Labute approximate surface area is 100.0 Å². The Balaban J connectivity index is 3.15. The van der Waals surface area contributed by atoms with Crippen molar-refractivity contribution in [1.82, 2.24) is 8.46 Å². The molecule has 2 nitrogen and oxygen atoms in total. The van der Waals surface area contributed by atoms with Crippen LogP contribution in [-0.2, 0) is 0 Å². The van der Waals surface area contributed by atoms with Gasteiger partial charge in [0.05, 0.1) is 0 Å². The number of alkyl halides is 2. The second kappa shape index (κ2) is 3.37. The van der Waals surface area contributed by atoms with Gasteiger partial charge in [-0.15, -0.1) is 0 Å². The van der Waals surface area contributed by atoms with Gasteiger partial charge < -0.3 is 0 Å². The molecule has 1 aliphatic rings. The summed E-state index contributed by atoms with van der Waals surface area (Å²) < 4.78 is 32.4. The first-order valence-corrected chi connectivity index (χ1v) is 11.5. The van der Waals surface area contributed by atoms with Crippen LogP contribution in [0.3, 0.4) is 0 Å². The van der Waals surface area contributed by atoms with Gasteiger partial charge in [-0.1, -0.05) is 0 Å². The molecule has 16 heavy (non-hydrogen) atoms. The molecule has 96 valence electrons. The number of nitrogens with zero attached hydrogens (tertiary/aromatic N) is 2. The molecule has 0 aliphatic carbocycles. The van der Waals surface area contributed by atoms with Crippen molar-refractivity contribution in [2.45, 2.75) is 65.5 Å². The third-order valence-electron chi connectivity index (χ3n) is 3.25. The summed E-state index contributed by atoms with van der Waals surface area (Å²) >= 11 is 0. The van der Waals surface area contributed by atoms with Crippen LogP contribution in [0.4, 0.5) is 8.78 Å². The zero-order valence-electron chi connectivity index (χ0n) is 11.7. The van der Waals surface area contributed by atoms with Crippen LogP contribution in [0.25, 0.3) is 0 Å². The Morgan fingerprint density at radius 1 is 0.688 bits per heavy atom. The molecule has 0 unspecified atom stereocenters. The SMILES string of the molecule is CC(C)(F)N1[Si](C)(C)N(C(C)(C)F)[Si]1(C)C. The van der Waals surface area contributed by atoms with Crippen molar-refractivity contribution >= 4 is 16.8 Å². The minimum Gasteiger partial charge on any atom is -0.290 e. The van der Waals surface area contributed by atoms with Crippen molar-refractivity contribution in [3.05, 3.63) is 0 Å². The topological polar surface area (TPSA) is 6.48 Å². The predicted molar refractivity (Wildman–Crippen MR) is 69.0 cm³/mol. The van der Waals surface area contributed by atoms with Gasteiger partial charge >= 0.3 is 0 Å². The quantitative estimate of drug-likeness (QED) is 0.558. The van der Waals surface area contributed by atoms with Gasteiger partial charge in [0, 0.05) is 0 Å². The maximum absolute atomic E-state index is 14.2. The molecule has 0 radical (unpaired) electrons. The van der Waals surface area contributed by atoms with Gasteiger partial charge in [-0.05, 0) is 53.9 Å². The second-order valence-corrected chi connectivity index (χ2v) is 15.1. The summed E-state index contributed by atoms with van der Waals surface area (Å²) in [6.45, 7) is 14.4. The monoisotopic (exact) mass is 266 g/mol. The Morgan fingerprint density at radius 2 is 0.875 bits per heavy atom. The molecule has 0 bridgehead atoms. The van der Waals surface area contributed by atoms with E-state index in [0.717, 1.165) is 0 Å². The molecule has 1 heterocycles. The van der Waals surface area contributed by atoms with Gasteiger partial charge in [-0.25, -0.2) is 8.78 Å². The van der Waals surface area contributed by atoms with Crippen molar-refractivity contribution in [1.29, 1.82) is 0 Å². The van der Waals surface area contributed by atoms with Crippen LogP contribution in [0.1, 0.15) is 27.7 Å². The largest absolute Gasteiger partial charge is 0.290 e. The molecule has 6 heteroatoms. The molecule has 0 amide bonds. The smallest absolute Gasteiger partial charge is 0.193 e. The standard InChI is InChI=1S/C10H24F2N2Si2/c1-9(2,11)13-15(5,6)14(10(3,4)12)16(13,7)8/h1-8H3. The zero-order valence-corrected chi connectivity index (χ0v) is 13.7. The van der Waals surface area contributed by atoms with Gasteiger partial charge in [0.25, 0.3) is 0 Å². The van der Waals surface area contributed by atoms with Gasteiger partial charge in [0.1, 0.15) is 11.6 Å². The molecule has 1 rings (SSSR count). The minimum absolute atomic E-state index is 1.34. The molecule has 0 spiro atoms. The fourth-order valence-corrected chi connectivity index (χ4v) is 21.0. The van der Waals surface area contributed by atoms with Crippen molar-refractivity contribution in [2.75, 3.05) is 0 Å². The Kier molecular flexibility index (Phi) is 3.00. The Hall–Kier alpha value is 0.214. The summed E-state index contributed by atoms with van der Waals surface area (Å²) in [5.41, 5.74) is 0. The fraction of sp³-hybridized carbons (Fsp3) is 1.00. The van der Waals surface area contributed by atoms with E-state index in [1.165, 1.54) is 0 Å². The fourth-order valence-electron chi connectivity index (χ4n) is 4.10. The molecule has 1 saturated heterocycles. The summed E-state index contributed by atoms with van der Waals surface area (Å²) in [7, 11) is -4.27. The van der Waals surface area contributed by atoms with Gasteiger partial charge in [-0.2, -0.15) is 0 Å². The highest BCUT2D eigenvalue weighted by Crippen LogP contribution is 2.48. The summed E-state index contributed by atoms with van der Waals surface area (Å²) in [6, 6.07) is 0. The number of rotatable bonds is 2. The van der Waals surface area contributed by atoms with Gasteiger partial charge in [-0.3, -0.25) is 8.46 Å². The molecule has 0 atom stereocenters. The minimum atomic E-state index is -2.14. The highest BCUT2D eigenvalue weighted by atomic mass is 28.5. The normalized spacial score (nSPS) is 26.6. The molecule has 1 aliphatic heterocycles. The number of hydrogen-bond donors (Lipinski definition) is 0. The Morgan fingerprint density at radius 3 is 1.00 bits per heavy atom. The molecule has 0 N–H and O–H groups in total. The molecule has 0 aromatic rings. The lowest BCUT2D eigenvalue weighted by Gasteiger charge is -2.72. The van der Waals surface area contributed by atoms with Crippen LogP contribution >= 0.6 is 0 Å².